The zero-order valence-corrected chi connectivity index (χ0v) is 7.86. The summed E-state index contributed by atoms with van der Waals surface area (Å²) in [7, 11) is 1.66. The number of hydrogen-bond donors (Lipinski definition) is 0. The summed E-state index contributed by atoms with van der Waals surface area (Å²) in [5.41, 5.74) is 0.422. The van der Waals surface area contributed by atoms with E-state index in [-0.39, 0.29) is 11.4 Å². The van der Waals surface area contributed by atoms with Crippen molar-refractivity contribution in [1.82, 2.24) is 0 Å². The van der Waals surface area contributed by atoms with Gasteiger partial charge in [0.05, 0.1) is 5.60 Å². The summed E-state index contributed by atoms with van der Waals surface area (Å²) < 4.78 is 18.4. The third kappa shape index (κ3) is 1.95. The highest BCUT2D eigenvalue weighted by atomic mass is 19.1. The van der Waals surface area contributed by atoms with E-state index in [4.69, 9.17) is 4.74 Å². The molecule has 0 aliphatic heterocycles. The lowest BCUT2D eigenvalue weighted by molar-refractivity contribution is 0.0412. The van der Waals surface area contributed by atoms with Crippen molar-refractivity contribution >= 4 is 0 Å². The van der Waals surface area contributed by atoms with Gasteiger partial charge in [-0.1, -0.05) is 12.2 Å². The molecule has 0 aromatic carbocycles. The molecule has 0 aromatic heterocycles. The summed E-state index contributed by atoms with van der Waals surface area (Å²) in [6.45, 7) is 3.75. The fraction of sp³-hybridized carbons (Fsp3) is 0.600. The number of allylic oxidation sites excluding steroid dienone is 3. The first kappa shape index (κ1) is 9.46. The van der Waals surface area contributed by atoms with Crippen molar-refractivity contribution in [3.63, 3.8) is 0 Å². The maximum absolute atomic E-state index is 13.1. The molecule has 0 amide bonds. The van der Waals surface area contributed by atoms with Crippen LogP contribution in [0.3, 0.4) is 0 Å². The third-order valence-corrected chi connectivity index (χ3v) is 2.42. The van der Waals surface area contributed by atoms with Gasteiger partial charge in [-0.2, -0.15) is 0 Å². The number of methoxy groups -OCH3 is 1. The third-order valence-electron chi connectivity index (χ3n) is 2.42. The molecule has 1 unspecified atom stereocenters. The van der Waals surface area contributed by atoms with Crippen LogP contribution in [-0.4, -0.2) is 12.7 Å². The molecule has 1 nitrogen and oxygen atoms in total. The highest BCUT2D eigenvalue weighted by Crippen LogP contribution is 2.27. The minimum atomic E-state index is -0.297. The van der Waals surface area contributed by atoms with Gasteiger partial charge >= 0.3 is 0 Å². The van der Waals surface area contributed by atoms with Crippen molar-refractivity contribution in [2.45, 2.75) is 32.3 Å². The molecule has 1 rings (SSSR count). The van der Waals surface area contributed by atoms with Crippen molar-refractivity contribution in [2.24, 2.45) is 0 Å². The van der Waals surface area contributed by atoms with E-state index in [1.165, 1.54) is 0 Å². The van der Waals surface area contributed by atoms with E-state index in [0.717, 1.165) is 5.57 Å². The van der Waals surface area contributed by atoms with Crippen LogP contribution < -0.4 is 0 Å². The monoisotopic (exact) mass is 170 g/mol. The van der Waals surface area contributed by atoms with Gasteiger partial charge in [0.2, 0.25) is 0 Å². The average Bonchev–Trinajstić information content (AvgIpc) is 2.20. The van der Waals surface area contributed by atoms with E-state index in [9.17, 15) is 4.39 Å². The second kappa shape index (κ2) is 3.40. The highest BCUT2D eigenvalue weighted by Gasteiger charge is 2.22. The fourth-order valence-corrected chi connectivity index (χ4v) is 1.20. The molecule has 2 heteroatoms. The van der Waals surface area contributed by atoms with Crippen LogP contribution in [0.5, 0.6) is 0 Å². The Morgan fingerprint density at radius 3 is 2.83 bits per heavy atom. The predicted molar refractivity (Wildman–Crippen MR) is 47.6 cm³/mol. The Morgan fingerprint density at radius 2 is 2.25 bits per heavy atom. The summed E-state index contributed by atoms with van der Waals surface area (Å²) in [6, 6.07) is 0. The van der Waals surface area contributed by atoms with Gasteiger partial charge < -0.3 is 4.74 Å². The number of halogens is 1. The van der Waals surface area contributed by atoms with Crippen molar-refractivity contribution in [3.05, 3.63) is 23.6 Å². The van der Waals surface area contributed by atoms with Crippen LogP contribution in [0.15, 0.2) is 23.6 Å². The zero-order chi connectivity index (χ0) is 9.19. The topological polar surface area (TPSA) is 9.23 Å². The summed E-state index contributed by atoms with van der Waals surface area (Å²) in [6.07, 6.45) is 4.91. The zero-order valence-electron chi connectivity index (χ0n) is 7.86. The summed E-state index contributed by atoms with van der Waals surface area (Å²) >= 11 is 0. The molecule has 0 bridgehead atoms. The van der Waals surface area contributed by atoms with Gasteiger partial charge in [0.15, 0.2) is 0 Å². The van der Waals surface area contributed by atoms with E-state index in [1.807, 2.05) is 13.0 Å². The van der Waals surface area contributed by atoms with Gasteiger partial charge in [-0.25, -0.2) is 4.39 Å². The highest BCUT2D eigenvalue weighted by molar-refractivity contribution is 5.25. The smallest absolute Gasteiger partial charge is 0.103 e. The Hall–Kier alpha value is -0.630. The lowest BCUT2D eigenvalue weighted by atomic mass is 10.0. The van der Waals surface area contributed by atoms with Crippen LogP contribution in [0.4, 0.5) is 4.39 Å². The van der Waals surface area contributed by atoms with Gasteiger partial charge in [-0.15, -0.1) is 0 Å². The van der Waals surface area contributed by atoms with Gasteiger partial charge in [0.1, 0.15) is 5.83 Å². The molecule has 0 spiro atoms. The van der Waals surface area contributed by atoms with Gasteiger partial charge in [-0.3, -0.25) is 0 Å². The maximum Gasteiger partial charge on any atom is 0.103 e. The molecule has 0 aromatic rings. The predicted octanol–water partition coefficient (Wildman–Crippen LogP) is 2.99. The SMILES string of the molecule is COC1(C)C=CC(C)=C(F)CC1. The second-order valence-electron chi connectivity index (χ2n) is 3.44. The van der Waals surface area contributed by atoms with Gasteiger partial charge in [0.25, 0.3) is 0 Å². The maximum atomic E-state index is 13.1. The number of rotatable bonds is 1. The Kier molecular flexibility index (Phi) is 2.68. The molecule has 0 saturated carbocycles. The van der Waals surface area contributed by atoms with E-state index in [2.05, 4.69) is 0 Å². The van der Waals surface area contributed by atoms with Crippen LogP contribution in [0.2, 0.25) is 0 Å². The van der Waals surface area contributed by atoms with Crippen molar-refractivity contribution in [1.29, 1.82) is 0 Å². The lowest BCUT2D eigenvalue weighted by Gasteiger charge is -2.22. The largest absolute Gasteiger partial charge is 0.374 e. The van der Waals surface area contributed by atoms with E-state index in [1.54, 1.807) is 20.1 Å². The first-order valence-corrected chi connectivity index (χ1v) is 4.17. The van der Waals surface area contributed by atoms with Crippen molar-refractivity contribution < 1.29 is 9.13 Å². The van der Waals surface area contributed by atoms with E-state index in [0.29, 0.717) is 12.8 Å². The van der Waals surface area contributed by atoms with Crippen LogP contribution in [-0.2, 0) is 4.74 Å². The summed E-state index contributed by atoms with van der Waals surface area (Å²) in [5.74, 6) is -0.0213. The fourth-order valence-electron chi connectivity index (χ4n) is 1.20. The Morgan fingerprint density at radius 1 is 1.58 bits per heavy atom. The summed E-state index contributed by atoms with van der Waals surface area (Å²) in [4.78, 5) is 0. The van der Waals surface area contributed by atoms with Crippen LogP contribution in [0.1, 0.15) is 26.7 Å². The standard InChI is InChI=1S/C10H15FO/c1-8-4-6-10(2,12-3)7-5-9(8)11/h4,6H,5,7H2,1-3H3. The van der Waals surface area contributed by atoms with Crippen LogP contribution in [0, 0.1) is 0 Å². The Bertz CT molecular complexity index is 230. The van der Waals surface area contributed by atoms with E-state index < -0.39 is 0 Å². The van der Waals surface area contributed by atoms with Crippen LogP contribution >= 0.6 is 0 Å². The molecule has 1 aliphatic rings. The van der Waals surface area contributed by atoms with Crippen molar-refractivity contribution in [2.75, 3.05) is 7.11 Å². The average molecular weight is 170 g/mol. The molecule has 12 heavy (non-hydrogen) atoms. The normalized spacial score (nSPS) is 30.7. The molecule has 1 aliphatic carbocycles. The minimum Gasteiger partial charge on any atom is -0.374 e. The van der Waals surface area contributed by atoms with Gasteiger partial charge in [0, 0.05) is 13.5 Å². The second-order valence-corrected chi connectivity index (χ2v) is 3.44. The molecule has 1 atom stereocenters. The summed E-state index contributed by atoms with van der Waals surface area (Å²) in [5, 5.41) is 0. The molecule has 0 radical (unpaired) electrons. The van der Waals surface area contributed by atoms with E-state index >= 15 is 0 Å². The molecule has 0 N–H and O–H groups in total. The molecule has 0 heterocycles. The Balaban J connectivity index is 2.81. The van der Waals surface area contributed by atoms with Gasteiger partial charge in [-0.05, 0) is 25.8 Å². The minimum absolute atomic E-state index is 0.0213. The lowest BCUT2D eigenvalue weighted by Crippen LogP contribution is -2.23. The number of hydrogen-bond acceptors (Lipinski definition) is 1. The molecular weight excluding hydrogens is 155 g/mol. The van der Waals surface area contributed by atoms with Crippen LogP contribution in [0.25, 0.3) is 0 Å². The quantitative estimate of drug-likeness (QED) is 0.587. The molecule has 0 fully saturated rings. The first-order valence-electron chi connectivity index (χ1n) is 4.17. The first-order chi connectivity index (χ1) is 5.57. The molecular formula is C10H15FO. The Labute approximate surface area is 72.9 Å². The number of ether oxygens (including phenoxy) is 1. The van der Waals surface area contributed by atoms with Crippen molar-refractivity contribution in [3.8, 4) is 0 Å². The molecule has 68 valence electrons. The molecule has 0 saturated heterocycles.